The largest absolute Gasteiger partial charge is 0.489 e. The zero-order chi connectivity index (χ0) is 21.5. The Hall–Kier alpha value is -2.32. The van der Waals surface area contributed by atoms with Crippen LogP contribution in [0.2, 0.25) is 5.02 Å². The topological polar surface area (TPSA) is 91.3 Å². The Morgan fingerprint density at radius 1 is 1.27 bits per heavy atom. The average molecular weight is 435 g/mol. The molecule has 7 nitrogen and oxygen atoms in total. The van der Waals surface area contributed by atoms with Crippen LogP contribution in [0.5, 0.6) is 11.5 Å². The SMILES string of the molecule is CC(=O)Nc1ccccc1OC[C@H](O)CN1C[C@@H](Oc2ccc(Cl)cc2)C[C@H]1CO. The van der Waals surface area contributed by atoms with Gasteiger partial charge in [0, 0.05) is 37.5 Å². The molecule has 30 heavy (non-hydrogen) atoms. The standard InChI is InChI=1S/C22H27ClN2O5/c1-15(27)24-21-4-2-3-5-22(21)29-14-18(28)11-25-12-20(10-17(25)13-26)30-19-8-6-16(23)7-9-19/h2-9,17-18,20,26,28H,10-14H2,1H3,(H,24,27)/t17-,18+,20-/m0/s1. The summed E-state index contributed by atoms with van der Waals surface area (Å²) in [4.78, 5) is 13.3. The summed E-state index contributed by atoms with van der Waals surface area (Å²) in [5.74, 6) is 1.03. The number of ether oxygens (including phenoxy) is 2. The molecule has 2 aromatic carbocycles. The molecule has 8 heteroatoms. The lowest BCUT2D eigenvalue weighted by Crippen LogP contribution is -2.40. The van der Waals surface area contributed by atoms with Crippen LogP contribution >= 0.6 is 11.6 Å². The number of aliphatic hydroxyl groups excluding tert-OH is 2. The Labute approximate surface area is 181 Å². The van der Waals surface area contributed by atoms with E-state index in [1.165, 1.54) is 6.92 Å². The van der Waals surface area contributed by atoms with E-state index in [1.54, 1.807) is 36.4 Å². The van der Waals surface area contributed by atoms with Gasteiger partial charge in [-0.1, -0.05) is 23.7 Å². The molecule has 1 amide bonds. The molecule has 0 bridgehead atoms. The zero-order valence-corrected chi connectivity index (χ0v) is 17.6. The van der Waals surface area contributed by atoms with Crippen molar-refractivity contribution in [2.75, 3.05) is 31.6 Å². The zero-order valence-electron chi connectivity index (χ0n) is 16.8. The fraction of sp³-hybridized carbons (Fsp3) is 0.409. The Balaban J connectivity index is 1.52. The third-order valence-corrected chi connectivity index (χ3v) is 5.14. The van der Waals surface area contributed by atoms with Crippen LogP contribution in [0, 0.1) is 0 Å². The van der Waals surface area contributed by atoms with Gasteiger partial charge in [0.1, 0.15) is 30.3 Å². The molecule has 2 aromatic rings. The van der Waals surface area contributed by atoms with Crippen LogP contribution in [-0.2, 0) is 4.79 Å². The molecule has 0 unspecified atom stereocenters. The molecule has 3 rings (SSSR count). The Morgan fingerprint density at radius 3 is 2.70 bits per heavy atom. The van der Waals surface area contributed by atoms with Gasteiger partial charge in [0.25, 0.3) is 0 Å². The Morgan fingerprint density at radius 2 is 2.00 bits per heavy atom. The number of carbonyl (C=O) groups excluding carboxylic acids is 1. The molecule has 3 N–H and O–H groups in total. The minimum Gasteiger partial charge on any atom is -0.489 e. The van der Waals surface area contributed by atoms with Gasteiger partial charge in [-0.2, -0.15) is 0 Å². The summed E-state index contributed by atoms with van der Waals surface area (Å²) in [6.07, 6.45) is -0.186. The first-order valence-electron chi connectivity index (χ1n) is 9.89. The van der Waals surface area contributed by atoms with Crippen molar-refractivity contribution in [3.63, 3.8) is 0 Å². The maximum absolute atomic E-state index is 11.3. The van der Waals surface area contributed by atoms with E-state index in [1.807, 2.05) is 17.0 Å². The minimum absolute atomic E-state index is 0.0145. The van der Waals surface area contributed by atoms with Crippen LogP contribution < -0.4 is 14.8 Å². The Bertz CT molecular complexity index is 833. The van der Waals surface area contributed by atoms with Gasteiger partial charge in [-0.25, -0.2) is 0 Å². The summed E-state index contributed by atoms with van der Waals surface area (Å²) in [6.45, 7) is 2.41. The van der Waals surface area contributed by atoms with Crippen molar-refractivity contribution in [1.29, 1.82) is 0 Å². The summed E-state index contributed by atoms with van der Waals surface area (Å²) in [6, 6.07) is 14.1. The van der Waals surface area contributed by atoms with E-state index in [4.69, 9.17) is 21.1 Å². The number of carbonyl (C=O) groups is 1. The molecule has 1 aliphatic rings. The fourth-order valence-electron chi connectivity index (χ4n) is 3.54. The van der Waals surface area contributed by atoms with Gasteiger partial charge < -0.3 is 25.0 Å². The van der Waals surface area contributed by atoms with Crippen molar-refractivity contribution >= 4 is 23.2 Å². The number of hydrogen-bond acceptors (Lipinski definition) is 6. The number of nitrogens with zero attached hydrogens (tertiary/aromatic N) is 1. The quantitative estimate of drug-likeness (QED) is 0.562. The maximum Gasteiger partial charge on any atom is 0.221 e. The van der Waals surface area contributed by atoms with Gasteiger partial charge in [-0.15, -0.1) is 0 Å². The number of nitrogens with one attached hydrogen (secondary N) is 1. The first kappa shape index (κ1) is 22.4. The van der Waals surface area contributed by atoms with E-state index in [9.17, 15) is 15.0 Å². The third-order valence-electron chi connectivity index (χ3n) is 4.89. The Kier molecular flexibility index (Phi) is 7.93. The molecule has 0 spiro atoms. The molecule has 1 heterocycles. The van der Waals surface area contributed by atoms with Crippen molar-refractivity contribution in [3.05, 3.63) is 53.6 Å². The molecule has 0 aliphatic carbocycles. The van der Waals surface area contributed by atoms with Crippen LogP contribution in [0.3, 0.4) is 0 Å². The van der Waals surface area contributed by atoms with Crippen LogP contribution in [0.25, 0.3) is 0 Å². The lowest BCUT2D eigenvalue weighted by atomic mass is 10.2. The van der Waals surface area contributed by atoms with Gasteiger partial charge >= 0.3 is 0 Å². The number of hydrogen-bond donors (Lipinski definition) is 3. The van der Waals surface area contributed by atoms with Crippen LogP contribution in [0.15, 0.2) is 48.5 Å². The summed E-state index contributed by atoms with van der Waals surface area (Å²) in [7, 11) is 0. The minimum atomic E-state index is -0.765. The van der Waals surface area contributed by atoms with Crippen molar-refractivity contribution in [1.82, 2.24) is 4.90 Å². The van der Waals surface area contributed by atoms with Crippen molar-refractivity contribution in [2.24, 2.45) is 0 Å². The number of amides is 1. The highest BCUT2D eigenvalue weighted by molar-refractivity contribution is 6.30. The molecule has 0 saturated carbocycles. The predicted molar refractivity (Wildman–Crippen MR) is 115 cm³/mol. The molecular weight excluding hydrogens is 408 g/mol. The van der Waals surface area contributed by atoms with Crippen LogP contribution in [0.4, 0.5) is 5.69 Å². The van der Waals surface area contributed by atoms with Gasteiger partial charge in [0.05, 0.1) is 12.3 Å². The molecule has 1 saturated heterocycles. The fourth-order valence-corrected chi connectivity index (χ4v) is 3.66. The third kappa shape index (κ3) is 6.34. The van der Waals surface area contributed by atoms with Gasteiger partial charge in [-0.05, 0) is 36.4 Å². The highest BCUT2D eigenvalue weighted by atomic mass is 35.5. The summed E-state index contributed by atoms with van der Waals surface area (Å²) in [5, 5.41) is 23.6. The monoisotopic (exact) mass is 434 g/mol. The second-order valence-corrected chi connectivity index (χ2v) is 7.80. The van der Waals surface area contributed by atoms with Gasteiger partial charge in [-0.3, -0.25) is 9.69 Å². The number of benzene rings is 2. The number of rotatable bonds is 9. The first-order valence-corrected chi connectivity index (χ1v) is 10.3. The van der Waals surface area contributed by atoms with Crippen LogP contribution in [0.1, 0.15) is 13.3 Å². The van der Waals surface area contributed by atoms with Crippen molar-refractivity contribution < 1.29 is 24.5 Å². The summed E-state index contributed by atoms with van der Waals surface area (Å²) >= 11 is 5.91. The van der Waals surface area contributed by atoms with E-state index in [0.717, 1.165) is 5.75 Å². The highest BCUT2D eigenvalue weighted by Crippen LogP contribution is 2.26. The normalized spacial score (nSPS) is 20.0. The predicted octanol–water partition coefficient (Wildman–Crippen LogP) is 2.55. The van der Waals surface area contributed by atoms with E-state index < -0.39 is 6.10 Å². The number of likely N-dealkylation sites (tertiary alicyclic amines) is 1. The first-order chi connectivity index (χ1) is 14.4. The smallest absolute Gasteiger partial charge is 0.221 e. The lowest BCUT2D eigenvalue weighted by Gasteiger charge is -2.25. The van der Waals surface area contributed by atoms with E-state index in [-0.39, 0.29) is 31.3 Å². The second-order valence-electron chi connectivity index (χ2n) is 7.36. The van der Waals surface area contributed by atoms with Gasteiger partial charge in [0.2, 0.25) is 5.91 Å². The lowest BCUT2D eigenvalue weighted by molar-refractivity contribution is -0.114. The van der Waals surface area contributed by atoms with Crippen LogP contribution in [-0.4, -0.2) is 65.6 Å². The van der Waals surface area contributed by atoms with Crippen molar-refractivity contribution in [3.8, 4) is 11.5 Å². The summed E-state index contributed by atoms with van der Waals surface area (Å²) < 4.78 is 11.7. The average Bonchev–Trinajstić information content (AvgIpc) is 3.09. The number of para-hydroxylation sites is 2. The van der Waals surface area contributed by atoms with E-state index in [2.05, 4.69) is 5.32 Å². The van der Waals surface area contributed by atoms with Crippen molar-refractivity contribution in [2.45, 2.75) is 31.6 Å². The molecular formula is C22H27ClN2O5. The number of halogens is 1. The molecule has 162 valence electrons. The molecule has 1 aliphatic heterocycles. The maximum atomic E-state index is 11.3. The number of anilines is 1. The molecule has 0 aromatic heterocycles. The molecule has 1 fully saturated rings. The van der Waals surface area contributed by atoms with E-state index in [0.29, 0.717) is 36.0 Å². The summed E-state index contributed by atoms with van der Waals surface area (Å²) in [5.41, 5.74) is 0.558. The van der Waals surface area contributed by atoms with Gasteiger partial charge in [0.15, 0.2) is 0 Å². The second kappa shape index (κ2) is 10.6. The number of aliphatic hydroxyl groups is 2. The molecule has 0 radical (unpaired) electrons. The molecule has 3 atom stereocenters. The number of β-amino-alcohol motifs (C(OH)–C–C–N with tert-alkyl or cyclic N) is 1. The van der Waals surface area contributed by atoms with E-state index >= 15 is 0 Å². The highest BCUT2D eigenvalue weighted by Gasteiger charge is 2.34.